The number of ether oxygens (including phenoxy) is 1. The lowest BCUT2D eigenvalue weighted by Gasteiger charge is -2.32. The monoisotopic (exact) mass is 334 g/mol. The molecule has 1 saturated heterocycles. The fraction of sp³-hybridized carbons (Fsp3) is 0.556. The predicted molar refractivity (Wildman–Crippen MR) is 100 cm³/mol. The molecule has 0 aliphatic carbocycles. The van der Waals surface area contributed by atoms with Crippen LogP contribution in [0, 0.1) is 13.8 Å². The highest BCUT2D eigenvalue weighted by atomic mass is 32.1. The Hall–Kier alpha value is -0.905. The maximum absolute atomic E-state index is 6.13. The highest BCUT2D eigenvalue weighted by molar-refractivity contribution is 7.80. The third-order valence-electron chi connectivity index (χ3n) is 4.78. The van der Waals surface area contributed by atoms with Crippen LogP contribution < -0.4 is 4.74 Å². The summed E-state index contributed by atoms with van der Waals surface area (Å²) in [7, 11) is 1.34. The van der Waals surface area contributed by atoms with Gasteiger partial charge in [-0.25, -0.2) is 0 Å². The molecule has 5 heteroatoms. The van der Waals surface area contributed by atoms with Crippen LogP contribution in [-0.4, -0.2) is 31.2 Å². The molecule has 1 fully saturated rings. The third kappa shape index (κ3) is 3.62. The van der Waals surface area contributed by atoms with Crippen molar-refractivity contribution >= 4 is 25.8 Å². The summed E-state index contributed by atoms with van der Waals surface area (Å²) in [4.78, 5) is 0. The quantitative estimate of drug-likeness (QED) is 0.659. The van der Waals surface area contributed by atoms with E-state index in [0.29, 0.717) is 5.75 Å². The van der Waals surface area contributed by atoms with E-state index in [-0.39, 0.29) is 18.3 Å². The molecule has 0 unspecified atom stereocenters. The maximum atomic E-state index is 6.13. The van der Waals surface area contributed by atoms with Crippen molar-refractivity contribution in [2.75, 3.05) is 12.9 Å². The summed E-state index contributed by atoms with van der Waals surface area (Å²) in [6.07, 6.45) is 2.11. The summed E-state index contributed by atoms with van der Waals surface area (Å²) in [5.41, 5.74) is 3.68. The van der Waals surface area contributed by atoms with E-state index in [2.05, 4.69) is 72.4 Å². The summed E-state index contributed by atoms with van der Waals surface area (Å²) in [5, 5.41) is 0. The van der Waals surface area contributed by atoms with Crippen molar-refractivity contribution < 1.29 is 14.0 Å². The second-order valence-corrected chi connectivity index (χ2v) is 7.47. The molecular weight excluding hydrogens is 307 g/mol. The highest BCUT2D eigenvalue weighted by Crippen LogP contribution is 2.39. The van der Waals surface area contributed by atoms with Crippen LogP contribution in [0.25, 0.3) is 6.08 Å². The minimum atomic E-state index is -0.361. The van der Waals surface area contributed by atoms with Gasteiger partial charge in [-0.1, -0.05) is 6.08 Å². The Labute approximate surface area is 146 Å². The Balaban J connectivity index is 2.34. The van der Waals surface area contributed by atoms with Gasteiger partial charge in [0.2, 0.25) is 0 Å². The van der Waals surface area contributed by atoms with Gasteiger partial charge in [-0.3, -0.25) is 0 Å². The zero-order valence-corrected chi connectivity index (χ0v) is 16.1. The average Bonchev–Trinajstić information content (AvgIpc) is 2.64. The number of rotatable bonds is 4. The van der Waals surface area contributed by atoms with Crippen LogP contribution in [0.2, 0.25) is 0 Å². The van der Waals surface area contributed by atoms with E-state index in [0.717, 1.165) is 27.9 Å². The van der Waals surface area contributed by atoms with Gasteiger partial charge in [0.25, 0.3) is 0 Å². The standard InChI is InChI=1S/C18H27BO3S/c1-12-8-14(9-13(2)16(12)20-7)10-15(11-23)19-21-17(3,4)18(5,6)22-19/h8-10,23H,11H2,1-7H3. The smallest absolute Gasteiger partial charge is 0.491 e. The molecule has 1 heterocycles. The largest absolute Gasteiger partial charge is 0.496 e. The predicted octanol–water partition coefficient (Wildman–Crippen LogP) is 4.26. The third-order valence-corrected chi connectivity index (χ3v) is 5.14. The molecule has 126 valence electrons. The minimum absolute atomic E-state index is 0.342. The van der Waals surface area contributed by atoms with E-state index >= 15 is 0 Å². The van der Waals surface area contributed by atoms with Crippen LogP contribution in [0.15, 0.2) is 17.6 Å². The Kier molecular flexibility index (Phi) is 5.24. The second kappa shape index (κ2) is 6.54. The van der Waals surface area contributed by atoms with Crippen molar-refractivity contribution in [3.8, 4) is 5.75 Å². The van der Waals surface area contributed by atoms with Crippen LogP contribution in [0.4, 0.5) is 0 Å². The Bertz CT molecular complexity index is 584. The molecular formula is C18H27BO3S. The molecule has 3 nitrogen and oxygen atoms in total. The van der Waals surface area contributed by atoms with E-state index in [1.807, 2.05) is 0 Å². The minimum Gasteiger partial charge on any atom is -0.496 e. The van der Waals surface area contributed by atoms with E-state index in [4.69, 9.17) is 14.0 Å². The van der Waals surface area contributed by atoms with E-state index in [1.165, 1.54) is 0 Å². The van der Waals surface area contributed by atoms with Crippen LogP contribution in [0.1, 0.15) is 44.4 Å². The Morgan fingerprint density at radius 1 is 1.13 bits per heavy atom. The van der Waals surface area contributed by atoms with Crippen molar-refractivity contribution in [2.24, 2.45) is 0 Å². The Morgan fingerprint density at radius 3 is 2.00 bits per heavy atom. The van der Waals surface area contributed by atoms with Gasteiger partial charge in [-0.05, 0) is 75.8 Å². The molecule has 0 saturated carbocycles. The van der Waals surface area contributed by atoms with Gasteiger partial charge < -0.3 is 14.0 Å². The SMILES string of the molecule is COc1c(C)cc(C=C(CS)B2OC(C)(C)C(C)(C)O2)cc1C. The van der Waals surface area contributed by atoms with Gasteiger partial charge in [0.1, 0.15) is 5.75 Å². The lowest BCUT2D eigenvalue weighted by molar-refractivity contribution is 0.00578. The summed E-state index contributed by atoms with van der Waals surface area (Å²) in [6, 6.07) is 4.22. The average molecular weight is 334 g/mol. The number of benzene rings is 1. The van der Waals surface area contributed by atoms with Crippen LogP contribution in [0.5, 0.6) is 5.75 Å². The summed E-state index contributed by atoms with van der Waals surface area (Å²) >= 11 is 4.47. The first-order valence-electron chi connectivity index (χ1n) is 7.93. The van der Waals surface area contributed by atoms with Crippen LogP contribution >= 0.6 is 12.6 Å². The molecule has 0 amide bonds. The van der Waals surface area contributed by atoms with Gasteiger partial charge in [0.15, 0.2) is 0 Å². The van der Waals surface area contributed by atoms with E-state index < -0.39 is 0 Å². The van der Waals surface area contributed by atoms with Gasteiger partial charge in [0, 0.05) is 5.75 Å². The molecule has 0 spiro atoms. The first kappa shape index (κ1) is 18.4. The number of methoxy groups -OCH3 is 1. The van der Waals surface area contributed by atoms with Crippen molar-refractivity contribution in [1.29, 1.82) is 0 Å². The number of hydrogen-bond donors (Lipinski definition) is 1. The maximum Gasteiger partial charge on any atom is 0.491 e. The molecule has 0 radical (unpaired) electrons. The first-order chi connectivity index (χ1) is 10.6. The van der Waals surface area contributed by atoms with Gasteiger partial charge in [-0.15, -0.1) is 0 Å². The van der Waals surface area contributed by atoms with E-state index in [1.54, 1.807) is 7.11 Å². The fourth-order valence-corrected chi connectivity index (χ4v) is 3.03. The molecule has 2 rings (SSSR count). The van der Waals surface area contributed by atoms with Crippen molar-refractivity contribution in [3.05, 3.63) is 34.3 Å². The molecule has 1 aliphatic heterocycles. The molecule has 1 aliphatic rings. The number of hydrogen-bond acceptors (Lipinski definition) is 4. The summed E-state index contributed by atoms with van der Waals surface area (Å²) in [6.45, 7) is 12.3. The van der Waals surface area contributed by atoms with Crippen molar-refractivity contribution in [3.63, 3.8) is 0 Å². The lowest BCUT2D eigenvalue weighted by atomic mass is 9.78. The van der Waals surface area contributed by atoms with Crippen molar-refractivity contribution in [1.82, 2.24) is 0 Å². The van der Waals surface area contributed by atoms with Crippen LogP contribution in [-0.2, 0) is 9.31 Å². The zero-order valence-electron chi connectivity index (χ0n) is 15.2. The second-order valence-electron chi connectivity index (χ2n) is 7.15. The summed E-state index contributed by atoms with van der Waals surface area (Å²) in [5.74, 6) is 1.52. The molecule has 0 atom stereocenters. The Morgan fingerprint density at radius 2 is 1.61 bits per heavy atom. The molecule has 1 aromatic rings. The molecule has 23 heavy (non-hydrogen) atoms. The lowest BCUT2D eigenvalue weighted by Crippen LogP contribution is -2.41. The molecule has 0 bridgehead atoms. The molecule has 1 aromatic carbocycles. The number of thiol groups is 1. The van der Waals surface area contributed by atoms with Crippen LogP contribution in [0.3, 0.4) is 0 Å². The zero-order chi connectivity index (χ0) is 17.4. The first-order valence-corrected chi connectivity index (χ1v) is 8.56. The highest BCUT2D eigenvalue weighted by Gasteiger charge is 2.52. The molecule has 0 N–H and O–H groups in total. The van der Waals surface area contributed by atoms with Gasteiger partial charge >= 0.3 is 7.12 Å². The van der Waals surface area contributed by atoms with E-state index in [9.17, 15) is 0 Å². The van der Waals surface area contributed by atoms with Crippen molar-refractivity contribution in [2.45, 2.75) is 52.7 Å². The normalized spacial score (nSPS) is 20.0. The van der Waals surface area contributed by atoms with Gasteiger partial charge in [-0.2, -0.15) is 12.6 Å². The topological polar surface area (TPSA) is 27.7 Å². The van der Waals surface area contributed by atoms with Gasteiger partial charge in [0.05, 0.1) is 18.3 Å². The fourth-order valence-electron chi connectivity index (χ4n) is 2.79. The summed E-state index contributed by atoms with van der Waals surface area (Å²) < 4.78 is 17.7. The molecule has 0 aromatic heterocycles. The number of aryl methyl sites for hydroxylation is 2.